The number of ether oxygens (including phenoxy) is 1. The first-order chi connectivity index (χ1) is 16.5. The van der Waals surface area contributed by atoms with Crippen molar-refractivity contribution in [2.45, 2.75) is 57.9 Å². The Balaban J connectivity index is 1.61. The van der Waals surface area contributed by atoms with Gasteiger partial charge in [0.05, 0.1) is 17.2 Å². The van der Waals surface area contributed by atoms with Gasteiger partial charge in [-0.3, -0.25) is 4.79 Å². The van der Waals surface area contributed by atoms with E-state index in [4.69, 9.17) is 4.74 Å². The summed E-state index contributed by atoms with van der Waals surface area (Å²) < 4.78 is 33.8. The normalized spacial score (nSPS) is 18.3. The predicted molar refractivity (Wildman–Crippen MR) is 132 cm³/mol. The maximum atomic E-state index is 14.1. The predicted octanol–water partition coefficient (Wildman–Crippen LogP) is 5.56. The van der Waals surface area contributed by atoms with Crippen molar-refractivity contribution < 1.29 is 18.3 Å². The summed E-state index contributed by atoms with van der Waals surface area (Å²) in [6.45, 7) is 7.56. The molecule has 1 atom stereocenters. The van der Waals surface area contributed by atoms with E-state index in [1.54, 1.807) is 17.9 Å². The zero-order chi connectivity index (χ0) is 25.1. The lowest BCUT2D eigenvalue weighted by atomic mass is 9.75. The van der Waals surface area contributed by atoms with Gasteiger partial charge < -0.3 is 15.0 Å². The minimum atomic E-state index is -2.92. The molecular formula is C27H30F2N4O2. The van der Waals surface area contributed by atoms with Crippen LogP contribution in [0.15, 0.2) is 30.3 Å². The lowest BCUT2D eigenvalue weighted by Crippen LogP contribution is -2.42. The second-order valence-corrected chi connectivity index (χ2v) is 9.88. The number of nitrogens with zero attached hydrogens (tertiary/aromatic N) is 3. The van der Waals surface area contributed by atoms with Crippen LogP contribution in [0.4, 0.5) is 20.3 Å². The number of anilines is 2. The van der Waals surface area contributed by atoms with Gasteiger partial charge in [-0.25, -0.2) is 8.78 Å². The van der Waals surface area contributed by atoms with Gasteiger partial charge in [0, 0.05) is 49.2 Å². The first kappa shape index (κ1) is 23.6. The molecule has 1 saturated heterocycles. The highest BCUT2D eigenvalue weighted by Crippen LogP contribution is 2.49. The minimum absolute atomic E-state index is 0.0179. The third-order valence-corrected chi connectivity index (χ3v) is 7.69. The largest absolute Gasteiger partial charge is 0.381 e. The fourth-order valence-corrected chi connectivity index (χ4v) is 5.71. The molecule has 35 heavy (non-hydrogen) atoms. The van der Waals surface area contributed by atoms with Crippen LogP contribution < -0.4 is 10.2 Å². The average molecular weight is 481 g/mol. The summed E-state index contributed by atoms with van der Waals surface area (Å²) in [5, 5.41) is 14.0. The SMILES string of the molecule is Cc1c([C@@H](C)Nc2nnc(C)c3cc4c(cc23)C2(CCOCC2)C(=O)N4C)cccc1C(C)(F)F. The number of aryl methyl sites for hydroxylation is 1. The van der Waals surface area contributed by atoms with E-state index < -0.39 is 11.3 Å². The molecule has 0 aliphatic carbocycles. The van der Waals surface area contributed by atoms with Gasteiger partial charge in [-0.15, -0.1) is 5.10 Å². The molecule has 6 nitrogen and oxygen atoms in total. The number of aromatic nitrogens is 2. The van der Waals surface area contributed by atoms with E-state index in [-0.39, 0.29) is 17.5 Å². The fraction of sp³-hybridized carbons (Fsp3) is 0.444. The Morgan fingerprint density at radius 3 is 2.54 bits per heavy atom. The molecule has 1 fully saturated rings. The molecule has 2 aliphatic rings. The number of carbonyl (C=O) groups is 1. The van der Waals surface area contributed by atoms with Gasteiger partial charge >= 0.3 is 0 Å². The number of halogens is 2. The number of hydrogen-bond acceptors (Lipinski definition) is 5. The van der Waals surface area contributed by atoms with Crippen molar-refractivity contribution in [2.75, 3.05) is 30.5 Å². The smallest absolute Gasteiger partial charge is 0.270 e. The summed E-state index contributed by atoms with van der Waals surface area (Å²) >= 11 is 0. The monoisotopic (exact) mass is 480 g/mol. The van der Waals surface area contributed by atoms with Crippen LogP contribution in [0.1, 0.15) is 60.7 Å². The van der Waals surface area contributed by atoms with E-state index in [1.807, 2.05) is 33.0 Å². The summed E-state index contributed by atoms with van der Waals surface area (Å²) in [5.74, 6) is -2.26. The van der Waals surface area contributed by atoms with E-state index in [1.165, 1.54) is 6.07 Å². The zero-order valence-corrected chi connectivity index (χ0v) is 20.7. The van der Waals surface area contributed by atoms with E-state index in [9.17, 15) is 13.6 Å². The molecular weight excluding hydrogens is 450 g/mol. The van der Waals surface area contributed by atoms with Crippen molar-refractivity contribution in [1.29, 1.82) is 0 Å². The molecule has 8 heteroatoms. The Morgan fingerprint density at radius 1 is 1.14 bits per heavy atom. The lowest BCUT2D eigenvalue weighted by molar-refractivity contribution is -0.126. The second kappa shape index (κ2) is 8.22. The number of benzene rings is 2. The lowest BCUT2D eigenvalue weighted by Gasteiger charge is -2.32. The van der Waals surface area contributed by atoms with E-state index in [2.05, 4.69) is 21.6 Å². The Bertz CT molecular complexity index is 1330. The van der Waals surface area contributed by atoms with E-state index >= 15 is 0 Å². The second-order valence-electron chi connectivity index (χ2n) is 9.88. The van der Waals surface area contributed by atoms with Crippen LogP contribution in [-0.2, 0) is 20.9 Å². The van der Waals surface area contributed by atoms with Crippen LogP contribution in [0.2, 0.25) is 0 Å². The van der Waals surface area contributed by atoms with Crippen LogP contribution in [0.3, 0.4) is 0 Å². The summed E-state index contributed by atoms with van der Waals surface area (Å²) in [5.41, 5.74) is 3.41. The minimum Gasteiger partial charge on any atom is -0.381 e. The summed E-state index contributed by atoms with van der Waals surface area (Å²) in [4.78, 5) is 15.1. The number of amides is 1. The van der Waals surface area contributed by atoms with Gasteiger partial charge in [0.15, 0.2) is 5.82 Å². The number of alkyl halides is 2. The molecule has 0 unspecified atom stereocenters. The maximum absolute atomic E-state index is 14.1. The maximum Gasteiger partial charge on any atom is 0.270 e. The van der Waals surface area contributed by atoms with Gasteiger partial charge in [-0.05, 0) is 62.4 Å². The third kappa shape index (κ3) is 3.66. The highest BCUT2D eigenvalue weighted by atomic mass is 19.3. The average Bonchev–Trinajstić information content (AvgIpc) is 3.01. The fourth-order valence-electron chi connectivity index (χ4n) is 5.71. The molecule has 184 valence electrons. The Kier molecular flexibility index (Phi) is 5.55. The highest BCUT2D eigenvalue weighted by molar-refractivity contribution is 6.11. The molecule has 3 heterocycles. The zero-order valence-electron chi connectivity index (χ0n) is 20.7. The first-order valence-corrected chi connectivity index (χ1v) is 12.0. The van der Waals surface area contributed by atoms with Crippen molar-refractivity contribution in [3.63, 3.8) is 0 Å². The number of hydrogen-bond donors (Lipinski definition) is 1. The standard InChI is InChI=1S/C27H30F2N4O2/c1-15-18(7-6-8-21(15)26(4,28)29)16(2)30-24-20-13-22-23(14-19(20)17(3)31-32-24)33(5)25(34)27(22)9-11-35-12-10-27/h6-8,13-14,16H,9-12H2,1-5H3,(H,30,32)/t16-/m1/s1. The summed E-state index contributed by atoms with van der Waals surface area (Å²) in [6.07, 6.45) is 1.28. The topological polar surface area (TPSA) is 67.4 Å². The Hall–Kier alpha value is -3.13. The molecule has 1 N–H and O–H groups in total. The van der Waals surface area contributed by atoms with E-state index in [0.29, 0.717) is 37.4 Å². The summed E-state index contributed by atoms with van der Waals surface area (Å²) in [6, 6.07) is 8.79. The van der Waals surface area contributed by atoms with Crippen LogP contribution in [0, 0.1) is 13.8 Å². The van der Waals surface area contributed by atoms with E-state index in [0.717, 1.165) is 40.2 Å². The van der Waals surface area contributed by atoms with Crippen LogP contribution in [0.25, 0.3) is 10.8 Å². The van der Waals surface area contributed by atoms with Gasteiger partial charge in [0.2, 0.25) is 5.91 Å². The quantitative estimate of drug-likeness (QED) is 0.530. The van der Waals surface area contributed by atoms with Crippen molar-refractivity contribution >= 4 is 28.2 Å². The first-order valence-electron chi connectivity index (χ1n) is 12.0. The van der Waals surface area contributed by atoms with Crippen molar-refractivity contribution in [2.24, 2.45) is 0 Å². The molecule has 5 rings (SSSR count). The highest BCUT2D eigenvalue weighted by Gasteiger charge is 2.50. The Labute approximate surface area is 203 Å². The van der Waals surface area contributed by atoms with Gasteiger partial charge in [-0.1, -0.05) is 18.2 Å². The number of rotatable bonds is 4. The number of likely N-dealkylation sites (N-methyl/N-ethyl adjacent to an activating group) is 1. The molecule has 2 aliphatic heterocycles. The Morgan fingerprint density at radius 2 is 1.86 bits per heavy atom. The molecule has 1 amide bonds. The molecule has 0 bridgehead atoms. The summed E-state index contributed by atoms with van der Waals surface area (Å²) in [7, 11) is 1.82. The molecule has 0 saturated carbocycles. The van der Waals surface area contributed by atoms with Gasteiger partial charge in [0.25, 0.3) is 5.92 Å². The number of nitrogens with one attached hydrogen (secondary N) is 1. The molecule has 3 aromatic rings. The van der Waals surface area contributed by atoms with Crippen LogP contribution >= 0.6 is 0 Å². The molecule has 2 aromatic carbocycles. The van der Waals surface area contributed by atoms with Gasteiger partial charge in [-0.2, -0.15) is 5.10 Å². The molecule has 1 aromatic heterocycles. The molecule has 1 spiro atoms. The van der Waals surface area contributed by atoms with Crippen LogP contribution in [-0.4, -0.2) is 36.4 Å². The number of fused-ring (bicyclic) bond motifs is 3. The van der Waals surface area contributed by atoms with Crippen LogP contribution in [0.5, 0.6) is 0 Å². The van der Waals surface area contributed by atoms with Gasteiger partial charge in [0.1, 0.15) is 0 Å². The molecule has 0 radical (unpaired) electrons. The van der Waals surface area contributed by atoms with Crippen molar-refractivity contribution in [1.82, 2.24) is 10.2 Å². The third-order valence-electron chi connectivity index (χ3n) is 7.69. The number of carbonyl (C=O) groups excluding carboxylic acids is 1. The van der Waals surface area contributed by atoms with Crippen molar-refractivity contribution in [3.05, 3.63) is 58.3 Å². The van der Waals surface area contributed by atoms with Crippen molar-refractivity contribution in [3.8, 4) is 0 Å².